The first kappa shape index (κ1) is 14.6. The summed E-state index contributed by atoms with van der Waals surface area (Å²) in [5.41, 5.74) is -0.862. The summed E-state index contributed by atoms with van der Waals surface area (Å²) in [6.07, 6.45) is -8.89. The number of benzene rings is 1. The zero-order valence-corrected chi connectivity index (χ0v) is 9.77. The lowest BCUT2D eigenvalue weighted by Crippen LogP contribution is -2.28. The number of oxazole rings is 1. The summed E-state index contributed by atoms with van der Waals surface area (Å²) in [6.45, 7) is -1.56. The first-order valence-corrected chi connectivity index (χ1v) is 5.39. The second-order valence-electron chi connectivity index (χ2n) is 4.01. The molecular formula is C11H8F6N2O. The third-order valence-electron chi connectivity index (χ3n) is 2.36. The quantitative estimate of drug-likeness (QED) is 0.881. The van der Waals surface area contributed by atoms with Crippen molar-refractivity contribution in [2.45, 2.75) is 18.9 Å². The molecule has 1 heterocycles. The standard InChI is InChI=1S/C11H8F6N2O/c12-10(13,14)5-18-4-9-19-7-3-6(11(15,16)17)1-2-8(7)20-9/h1-3,18H,4-5H2. The van der Waals surface area contributed by atoms with Gasteiger partial charge in [-0.15, -0.1) is 0 Å². The first-order chi connectivity index (χ1) is 9.15. The summed E-state index contributed by atoms with van der Waals surface area (Å²) in [7, 11) is 0. The van der Waals surface area contributed by atoms with E-state index in [1.807, 2.05) is 5.32 Å². The highest BCUT2D eigenvalue weighted by Gasteiger charge is 2.31. The number of nitrogens with one attached hydrogen (secondary N) is 1. The molecule has 1 N–H and O–H groups in total. The minimum Gasteiger partial charge on any atom is -0.439 e. The van der Waals surface area contributed by atoms with Crippen LogP contribution >= 0.6 is 0 Å². The van der Waals surface area contributed by atoms with Gasteiger partial charge in [-0.05, 0) is 18.2 Å². The van der Waals surface area contributed by atoms with E-state index in [2.05, 4.69) is 4.98 Å². The van der Waals surface area contributed by atoms with Gasteiger partial charge >= 0.3 is 12.4 Å². The van der Waals surface area contributed by atoms with Crippen LogP contribution in [0.1, 0.15) is 11.5 Å². The zero-order valence-electron chi connectivity index (χ0n) is 9.77. The number of hydrogen-bond donors (Lipinski definition) is 1. The predicted octanol–water partition coefficient (Wildman–Crippen LogP) is 3.50. The Hall–Kier alpha value is -1.77. The second kappa shape index (κ2) is 4.97. The van der Waals surface area contributed by atoms with Crippen molar-refractivity contribution in [1.29, 1.82) is 0 Å². The van der Waals surface area contributed by atoms with Crippen molar-refractivity contribution in [3.05, 3.63) is 29.7 Å². The molecule has 1 aromatic heterocycles. The molecule has 110 valence electrons. The summed E-state index contributed by atoms with van der Waals surface area (Å²) < 4.78 is 78.1. The maximum absolute atomic E-state index is 12.5. The minimum atomic E-state index is -4.51. The van der Waals surface area contributed by atoms with Gasteiger partial charge < -0.3 is 9.73 Å². The van der Waals surface area contributed by atoms with E-state index < -0.39 is 24.5 Å². The van der Waals surface area contributed by atoms with Crippen LogP contribution in [0.2, 0.25) is 0 Å². The Morgan fingerprint density at radius 2 is 1.80 bits per heavy atom. The van der Waals surface area contributed by atoms with Gasteiger partial charge in [0, 0.05) is 0 Å². The van der Waals surface area contributed by atoms with Crippen molar-refractivity contribution >= 4 is 11.1 Å². The van der Waals surface area contributed by atoms with E-state index >= 15 is 0 Å². The van der Waals surface area contributed by atoms with Crippen molar-refractivity contribution in [3.8, 4) is 0 Å². The van der Waals surface area contributed by atoms with Crippen LogP contribution in [0.5, 0.6) is 0 Å². The van der Waals surface area contributed by atoms with Crippen LogP contribution in [0.25, 0.3) is 11.1 Å². The van der Waals surface area contributed by atoms with Crippen LogP contribution in [0.3, 0.4) is 0 Å². The number of rotatable bonds is 3. The normalized spacial score (nSPS) is 13.1. The van der Waals surface area contributed by atoms with Crippen LogP contribution in [-0.4, -0.2) is 17.7 Å². The average Bonchev–Trinajstić information content (AvgIpc) is 2.67. The van der Waals surface area contributed by atoms with Gasteiger partial charge in [-0.1, -0.05) is 0 Å². The van der Waals surface area contributed by atoms with E-state index in [0.717, 1.165) is 18.2 Å². The highest BCUT2D eigenvalue weighted by atomic mass is 19.4. The van der Waals surface area contributed by atoms with Gasteiger partial charge in [-0.2, -0.15) is 26.3 Å². The van der Waals surface area contributed by atoms with Crippen molar-refractivity contribution in [1.82, 2.24) is 10.3 Å². The predicted molar refractivity (Wildman–Crippen MR) is 56.8 cm³/mol. The van der Waals surface area contributed by atoms with E-state index in [1.165, 1.54) is 0 Å². The van der Waals surface area contributed by atoms with Crippen molar-refractivity contribution < 1.29 is 30.8 Å². The largest absolute Gasteiger partial charge is 0.439 e. The van der Waals surface area contributed by atoms with Gasteiger partial charge in [-0.3, -0.25) is 0 Å². The van der Waals surface area contributed by atoms with E-state index in [4.69, 9.17) is 4.42 Å². The summed E-state index contributed by atoms with van der Waals surface area (Å²) in [6, 6.07) is 2.69. The number of alkyl halides is 6. The van der Waals surface area contributed by atoms with Gasteiger partial charge in [-0.25, -0.2) is 4.98 Å². The molecule has 0 aliphatic carbocycles. The molecule has 20 heavy (non-hydrogen) atoms. The van der Waals surface area contributed by atoms with Gasteiger partial charge in [0.2, 0.25) is 5.89 Å². The molecule has 0 radical (unpaired) electrons. The molecule has 0 aliphatic heterocycles. The summed E-state index contributed by atoms with van der Waals surface area (Å²) in [4.78, 5) is 3.71. The Kier molecular flexibility index (Phi) is 3.63. The Morgan fingerprint density at radius 1 is 1.10 bits per heavy atom. The smallest absolute Gasteiger partial charge is 0.416 e. The lowest BCUT2D eigenvalue weighted by molar-refractivity contribution is -0.137. The van der Waals surface area contributed by atoms with Crippen LogP contribution < -0.4 is 5.32 Å². The fourth-order valence-electron chi connectivity index (χ4n) is 1.54. The van der Waals surface area contributed by atoms with E-state index in [9.17, 15) is 26.3 Å². The monoisotopic (exact) mass is 298 g/mol. The van der Waals surface area contributed by atoms with Gasteiger partial charge in [0.05, 0.1) is 18.7 Å². The fourth-order valence-corrected chi connectivity index (χ4v) is 1.54. The number of halogens is 6. The number of nitrogens with zero attached hydrogens (tertiary/aromatic N) is 1. The van der Waals surface area contributed by atoms with Crippen LogP contribution in [0, 0.1) is 0 Å². The summed E-state index contributed by atoms with van der Waals surface area (Å²) >= 11 is 0. The highest BCUT2D eigenvalue weighted by molar-refractivity contribution is 5.73. The number of aromatic nitrogens is 1. The van der Waals surface area contributed by atoms with Gasteiger partial charge in [0.15, 0.2) is 5.58 Å². The molecule has 0 saturated carbocycles. The average molecular weight is 298 g/mol. The molecule has 9 heteroatoms. The number of fused-ring (bicyclic) bond motifs is 1. The van der Waals surface area contributed by atoms with Crippen LogP contribution in [-0.2, 0) is 12.7 Å². The third-order valence-corrected chi connectivity index (χ3v) is 2.36. The minimum absolute atomic E-state index is 0.0522. The van der Waals surface area contributed by atoms with Crippen LogP contribution in [0.15, 0.2) is 22.6 Å². The Labute approximate surface area is 108 Å². The van der Waals surface area contributed by atoms with E-state index in [-0.39, 0.29) is 23.5 Å². The second-order valence-corrected chi connectivity index (χ2v) is 4.01. The third kappa shape index (κ3) is 3.62. The Morgan fingerprint density at radius 3 is 2.40 bits per heavy atom. The lowest BCUT2D eigenvalue weighted by Gasteiger charge is -2.05. The Bertz CT molecular complexity index is 601. The molecule has 2 rings (SSSR count). The maximum atomic E-state index is 12.5. The summed E-state index contributed by atoms with van der Waals surface area (Å²) in [5, 5.41) is 2.04. The molecule has 0 amide bonds. The number of hydrogen-bond acceptors (Lipinski definition) is 3. The molecule has 2 aromatic rings. The van der Waals surface area contributed by atoms with Crippen molar-refractivity contribution in [2.75, 3.05) is 6.54 Å². The van der Waals surface area contributed by atoms with Crippen LogP contribution in [0.4, 0.5) is 26.3 Å². The highest BCUT2D eigenvalue weighted by Crippen LogP contribution is 2.31. The van der Waals surface area contributed by atoms with Gasteiger partial charge in [0.1, 0.15) is 5.52 Å². The van der Waals surface area contributed by atoms with E-state index in [1.54, 1.807) is 0 Å². The Balaban J connectivity index is 2.13. The summed E-state index contributed by atoms with van der Waals surface area (Å²) in [5.74, 6) is -0.108. The maximum Gasteiger partial charge on any atom is 0.416 e. The topological polar surface area (TPSA) is 38.1 Å². The van der Waals surface area contributed by atoms with Crippen molar-refractivity contribution in [2.24, 2.45) is 0 Å². The molecule has 0 aliphatic rings. The molecule has 0 unspecified atom stereocenters. The molecule has 0 atom stereocenters. The fraction of sp³-hybridized carbons (Fsp3) is 0.364. The molecule has 0 spiro atoms. The lowest BCUT2D eigenvalue weighted by atomic mass is 10.2. The SMILES string of the molecule is FC(F)(F)CNCc1nc2cc(C(F)(F)F)ccc2o1. The molecule has 0 saturated heterocycles. The van der Waals surface area contributed by atoms with Gasteiger partial charge in [0.25, 0.3) is 0 Å². The molecule has 0 fully saturated rings. The molecular weight excluding hydrogens is 290 g/mol. The first-order valence-electron chi connectivity index (χ1n) is 5.39. The van der Waals surface area contributed by atoms with Crippen molar-refractivity contribution in [3.63, 3.8) is 0 Å². The molecule has 1 aromatic carbocycles. The molecule has 3 nitrogen and oxygen atoms in total. The van der Waals surface area contributed by atoms with E-state index in [0.29, 0.717) is 0 Å². The molecule has 0 bridgehead atoms. The zero-order chi connectivity index (χ0) is 15.0.